The summed E-state index contributed by atoms with van der Waals surface area (Å²) in [5.74, 6) is -0.185. The monoisotopic (exact) mass is 209 g/mol. The lowest BCUT2D eigenvalue weighted by Crippen LogP contribution is -2.36. The maximum absolute atomic E-state index is 12.7. The molecule has 1 atom stereocenters. The van der Waals surface area contributed by atoms with Gasteiger partial charge in [-0.05, 0) is 30.7 Å². The van der Waals surface area contributed by atoms with Gasteiger partial charge in [0.2, 0.25) is 0 Å². The van der Waals surface area contributed by atoms with Crippen LogP contribution in [0, 0.1) is 5.82 Å². The predicted molar refractivity (Wildman–Crippen MR) is 57.3 cm³/mol. The number of halogens is 1. The predicted octanol–water partition coefficient (Wildman–Crippen LogP) is 1.75. The standard InChI is InChI=1S/C12H16FNO/c1-15-12(6-7-14-9-12)8-10-2-4-11(13)5-3-10/h2-5,14H,6-9H2,1H3. The highest BCUT2D eigenvalue weighted by atomic mass is 19.1. The third-order valence-electron chi connectivity index (χ3n) is 3.08. The van der Waals surface area contributed by atoms with E-state index in [0.717, 1.165) is 31.5 Å². The molecule has 1 heterocycles. The molecule has 0 aromatic heterocycles. The second-order valence-corrected chi connectivity index (χ2v) is 4.12. The van der Waals surface area contributed by atoms with Crippen molar-refractivity contribution in [2.75, 3.05) is 20.2 Å². The molecule has 2 nitrogen and oxygen atoms in total. The Morgan fingerprint density at radius 2 is 2.13 bits per heavy atom. The van der Waals surface area contributed by atoms with Crippen LogP contribution in [0.4, 0.5) is 4.39 Å². The molecule has 1 fully saturated rings. The topological polar surface area (TPSA) is 21.3 Å². The molecule has 0 saturated carbocycles. The summed E-state index contributed by atoms with van der Waals surface area (Å²) < 4.78 is 18.3. The van der Waals surface area contributed by atoms with Gasteiger partial charge < -0.3 is 10.1 Å². The van der Waals surface area contributed by atoms with Crippen molar-refractivity contribution in [3.05, 3.63) is 35.6 Å². The fraction of sp³-hybridized carbons (Fsp3) is 0.500. The summed E-state index contributed by atoms with van der Waals surface area (Å²) in [7, 11) is 1.75. The Labute approximate surface area is 89.4 Å². The molecule has 3 heteroatoms. The third kappa shape index (κ3) is 2.36. The van der Waals surface area contributed by atoms with Gasteiger partial charge in [0.05, 0.1) is 5.60 Å². The molecule has 1 aliphatic rings. The second kappa shape index (κ2) is 4.29. The van der Waals surface area contributed by atoms with Gasteiger partial charge in [-0.1, -0.05) is 12.1 Å². The average molecular weight is 209 g/mol. The van der Waals surface area contributed by atoms with Crippen LogP contribution < -0.4 is 5.32 Å². The molecular formula is C12H16FNO. The minimum absolute atomic E-state index is 0.0994. The number of nitrogens with one attached hydrogen (secondary N) is 1. The van der Waals surface area contributed by atoms with Crippen LogP contribution in [0.15, 0.2) is 24.3 Å². The number of hydrogen-bond acceptors (Lipinski definition) is 2. The number of methoxy groups -OCH3 is 1. The largest absolute Gasteiger partial charge is 0.377 e. The van der Waals surface area contributed by atoms with Crippen molar-refractivity contribution in [3.63, 3.8) is 0 Å². The first-order valence-electron chi connectivity index (χ1n) is 5.24. The fourth-order valence-electron chi connectivity index (χ4n) is 2.09. The van der Waals surface area contributed by atoms with Crippen molar-refractivity contribution in [2.45, 2.75) is 18.4 Å². The van der Waals surface area contributed by atoms with Crippen LogP contribution in [0.2, 0.25) is 0 Å². The van der Waals surface area contributed by atoms with Gasteiger partial charge in [-0.2, -0.15) is 0 Å². The van der Waals surface area contributed by atoms with E-state index in [1.807, 2.05) is 12.1 Å². The molecule has 0 amide bonds. The molecule has 1 N–H and O–H groups in total. The Kier molecular flexibility index (Phi) is 3.03. The first-order chi connectivity index (χ1) is 7.24. The summed E-state index contributed by atoms with van der Waals surface area (Å²) in [6.45, 7) is 1.87. The molecule has 0 aliphatic carbocycles. The Morgan fingerprint density at radius 1 is 1.40 bits per heavy atom. The lowest BCUT2D eigenvalue weighted by atomic mass is 9.93. The zero-order valence-electron chi connectivity index (χ0n) is 8.92. The van der Waals surface area contributed by atoms with Gasteiger partial charge in [-0.25, -0.2) is 4.39 Å². The van der Waals surface area contributed by atoms with E-state index >= 15 is 0 Å². The summed E-state index contributed by atoms with van der Waals surface area (Å²) >= 11 is 0. The number of rotatable bonds is 3. The minimum Gasteiger partial charge on any atom is -0.377 e. The Bertz CT molecular complexity index is 317. The smallest absolute Gasteiger partial charge is 0.123 e. The molecule has 1 unspecified atom stereocenters. The highest BCUT2D eigenvalue weighted by molar-refractivity contribution is 5.19. The normalized spacial score (nSPS) is 25.7. The molecule has 1 saturated heterocycles. The van der Waals surface area contributed by atoms with E-state index in [1.165, 1.54) is 12.1 Å². The van der Waals surface area contributed by atoms with Crippen LogP contribution in [0.1, 0.15) is 12.0 Å². The summed E-state index contributed by atoms with van der Waals surface area (Å²) in [6, 6.07) is 6.66. The van der Waals surface area contributed by atoms with E-state index in [0.29, 0.717) is 0 Å². The maximum Gasteiger partial charge on any atom is 0.123 e. The van der Waals surface area contributed by atoms with Crippen LogP contribution in [0.25, 0.3) is 0 Å². The number of ether oxygens (including phenoxy) is 1. The van der Waals surface area contributed by atoms with E-state index in [4.69, 9.17) is 4.74 Å². The first-order valence-corrected chi connectivity index (χ1v) is 5.24. The molecule has 1 aromatic carbocycles. The van der Waals surface area contributed by atoms with Crippen LogP contribution in [-0.2, 0) is 11.2 Å². The molecule has 2 rings (SSSR count). The SMILES string of the molecule is COC1(Cc2ccc(F)cc2)CCNC1. The van der Waals surface area contributed by atoms with E-state index in [-0.39, 0.29) is 11.4 Å². The van der Waals surface area contributed by atoms with Crippen molar-refractivity contribution >= 4 is 0 Å². The summed E-state index contributed by atoms with van der Waals surface area (Å²) in [4.78, 5) is 0. The quantitative estimate of drug-likeness (QED) is 0.818. The Morgan fingerprint density at radius 3 is 2.67 bits per heavy atom. The van der Waals surface area contributed by atoms with Gasteiger partial charge in [0.25, 0.3) is 0 Å². The van der Waals surface area contributed by atoms with E-state index < -0.39 is 0 Å². The Balaban J connectivity index is 2.09. The van der Waals surface area contributed by atoms with Crippen LogP contribution >= 0.6 is 0 Å². The van der Waals surface area contributed by atoms with Gasteiger partial charge in [0.1, 0.15) is 5.82 Å². The highest BCUT2D eigenvalue weighted by Gasteiger charge is 2.33. The summed E-state index contributed by atoms with van der Waals surface area (Å²) in [6.07, 6.45) is 1.86. The van der Waals surface area contributed by atoms with Crippen molar-refractivity contribution < 1.29 is 9.13 Å². The highest BCUT2D eigenvalue weighted by Crippen LogP contribution is 2.24. The summed E-state index contributed by atoms with van der Waals surface area (Å²) in [5.41, 5.74) is 1.03. The summed E-state index contributed by atoms with van der Waals surface area (Å²) in [5, 5.41) is 3.30. The average Bonchev–Trinajstić information content (AvgIpc) is 2.71. The van der Waals surface area contributed by atoms with Gasteiger partial charge in [0, 0.05) is 20.1 Å². The molecule has 0 spiro atoms. The number of hydrogen-bond donors (Lipinski definition) is 1. The van der Waals surface area contributed by atoms with Gasteiger partial charge >= 0.3 is 0 Å². The van der Waals surface area contributed by atoms with Crippen molar-refractivity contribution in [1.29, 1.82) is 0 Å². The maximum atomic E-state index is 12.7. The first kappa shape index (κ1) is 10.6. The fourth-order valence-corrected chi connectivity index (χ4v) is 2.09. The van der Waals surface area contributed by atoms with Crippen molar-refractivity contribution in [1.82, 2.24) is 5.32 Å². The molecular weight excluding hydrogens is 193 g/mol. The zero-order valence-corrected chi connectivity index (χ0v) is 8.92. The lowest BCUT2D eigenvalue weighted by molar-refractivity contribution is 0.00774. The van der Waals surface area contributed by atoms with E-state index in [2.05, 4.69) is 5.32 Å². The Hall–Kier alpha value is -0.930. The zero-order chi connectivity index (χ0) is 10.7. The van der Waals surface area contributed by atoms with Crippen molar-refractivity contribution in [3.8, 4) is 0 Å². The lowest BCUT2D eigenvalue weighted by Gasteiger charge is -2.26. The molecule has 0 bridgehead atoms. The van der Waals surface area contributed by atoms with Crippen LogP contribution in [0.3, 0.4) is 0 Å². The van der Waals surface area contributed by atoms with Crippen LogP contribution in [-0.4, -0.2) is 25.8 Å². The van der Waals surface area contributed by atoms with Crippen LogP contribution in [0.5, 0.6) is 0 Å². The van der Waals surface area contributed by atoms with Gasteiger partial charge in [-0.3, -0.25) is 0 Å². The molecule has 82 valence electrons. The van der Waals surface area contributed by atoms with Gasteiger partial charge in [-0.15, -0.1) is 0 Å². The van der Waals surface area contributed by atoms with Crippen molar-refractivity contribution in [2.24, 2.45) is 0 Å². The minimum atomic E-state index is -0.185. The third-order valence-corrected chi connectivity index (χ3v) is 3.08. The molecule has 1 aliphatic heterocycles. The van der Waals surface area contributed by atoms with E-state index in [1.54, 1.807) is 7.11 Å². The molecule has 0 radical (unpaired) electrons. The molecule has 1 aromatic rings. The second-order valence-electron chi connectivity index (χ2n) is 4.12. The molecule has 15 heavy (non-hydrogen) atoms. The van der Waals surface area contributed by atoms with Gasteiger partial charge in [0.15, 0.2) is 0 Å². The van der Waals surface area contributed by atoms with E-state index in [9.17, 15) is 4.39 Å². The number of benzene rings is 1.